The van der Waals surface area contributed by atoms with E-state index in [1.807, 2.05) is 12.4 Å². The van der Waals surface area contributed by atoms with E-state index in [1.54, 1.807) is 0 Å². The fraction of sp³-hybridized carbons (Fsp3) is 0.143. The highest BCUT2D eigenvalue weighted by Gasteiger charge is 2.50. The Hall–Kier alpha value is -10.4. The number of nitrogens with zero attached hydrogens (tertiary/aromatic N) is 4. The second-order valence-electron chi connectivity index (χ2n) is 26.3. The molecule has 0 spiro atoms. The number of hydrogen-bond donors (Lipinski definition) is 0. The number of aromatic nitrogens is 2. The Morgan fingerprint density at radius 1 is 0.393 bits per heavy atom. The molecule has 3 heterocycles. The Bertz CT molecular complexity index is 5030. The molecule has 0 atom stereocenters. The van der Waals surface area contributed by atoms with Crippen LogP contribution in [0.1, 0.15) is 91.6 Å². The van der Waals surface area contributed by atoms with E-state index in [4.69, 9.17) is 14.4 Å². The fourth-order valence-electron chi connectivity index (χ4n) is 14.3. The number of benzene rings is 11. The van der Waals surface area contributed by atoms with Crippen molar-refractivity contribution in [3.63, 3.8) is 0 Å². The van der Waals surface area contributed by atoms with Gasteiger partial charge in [-0.3, -0.25) is 9.80 Å². The first kappa shape index (κ1) is 55.2. The Morgan fingerprint density at radius 3 is 1.53 bits per heavy atom. The van der Waals surface area contributed by atoms with Crippen LogP contribution >= 0.6 is 0 Å². The molecule has 0 radical (unpaired) electrons. The molecule has 0 aliphatic heterocycles. The lowest BCUT2D eigenvalue weighted by molar-refractivity contribution is 0.590. The number of aryl methyl sites for hydroxylation is 3. The summed E-state index contributed by atoms with van der Waals surface area (Å²) < 4.78 is 7.62. The van der Waals surface area contributed by atoms with Crippen molar-refractivity contribution < 1.29 is 4.42 Å². The molecule has 0 N–H and O–H groups in total. The lowest BCUT2D eigenvalue weighted by Gasteiger charge is -2.36. The van der Waals surface area contributed by atoms with E-state index < -0.39 is 5.41 Å². The third-order valence-electron chi connectivity index (χ3n) is 18.6. The van der Waals surface area contributed by atoms with Crippen LogP contribution in [0, 0.1) is 20.8 Å². The zero-order chi connectivity index (χ0) is 60.9. The summed E-state index contributed by atoms with van der Waals surface area (Å²) in [5, 5.41) is 6.63. The number of para-hydroxylation sites is 1. The summed E-state index contributed by atoms with van der Waals surface area (Å²) in [4.78, 5) is 15.7. The number of hydrogen-bond acceptors (Lipinski definition) is 5. The lowest BCUT2D eigenvalue weighted by Crippen LogP contribution is -2.29. The molecule has 0 saturated carbocycles. The molecular weight excluding hydrogens is 1080 g/mol. The zero-order valence-corrected chi connectivity index (χ0v) is 52.0. The van der Waals surface area contributed by atoms with Gasteiger partial charge in [-0.15, -0.1) is 0 Å². The predicted octanol–water partition coefficient (Wildman–Crippen LogP) is 22.8. The van der Waals surface area contributed by atoms with Gasteiger partial charge in [0.25, 0.3) is 0 Å². The average Bonchev–Trinajstić information content (AvgIpc) is 1.88. The van der Waals surface area contributed by atoms with Gasteiger partial charge in [-0.25, -0.2) is 9.97 Å². The summed E-state index contributed by atoms with van der Waals surface area (Å²) >= 11 is 0. The summed E-state index contributed by atoms with van der Waals surface area (Å²) in [6.07, 6.45) is 3.95. The summed E-state index contributed by atoms with van der Waals surface area (Å²) in [6.45, 7) is 20.2. The van der Waals surface area contributed by atoms with E-state index in [0.717, 1.165) is 134 Å². The molecule has 11 aromatic carbocycles. The fourth-order valence-corrected chi connectivity index (χ4v) is 14.3. The third-order valence-corrected chi connectivity index (χ3v) is 18.6. The molecule has 0 amide bonds. The van der Waals surface area contributed by atoms with Gasteiger partial charge in [-0.05, 0) is 187 Å². The molecule has 0 saturated heterocycles. The smallest absolute Gasteiger partial charge is 0.145 e. The maximum atomic E-state index is 7.62. The molecule has 3 aromatic heterocycles. The average molecular weight is 1150 g/mol. The zero-order valence-electron chi connectivity index (χ0n) is 52.0. The Balaban J connectivity index is 1.09. The number of rotatable bonds is 10. The van der Waals surface area contributed by atoms with Crippen molar-refractivity contribution in [2.45, 2.75) is 78.6 Å². The molecule has 14 aromatic rings. The molecule has 432 valence electrons. The second-order valence-corrected chi connectivity index (χ2v) is 26.3. The number of pyridine rings is 2. The minimum Gasteiger partial charge on any atom is -0.455 e. The highest BCUT2D eigenvalue weighted by atomic mass is 16.3. The van der Waals surface area contributed by atoms with Crippen molar-refractivity contribution in [1.82, 2.24) is 9.97 Å². The van der Waals surface area contributed by atoms with Gasteiger partial charge >= 0.3 is 0 Å². The highest BCUT2D eigenvalue weighted by Crippen LogP contribution is 2.64. The number of anilines is 6. The monoisotopic (exact) mass is 1150 g/mol. The van der Waals surface area contributed by atoms with Crippen LogP contribution in [0.3, 0.4) is 0 Å². The Labute approximate surface area is 522 Å². The van der Waals surface area contributed by atoms with Crippen LogP contribution < -0.4 is 9.80 Å². The van der Waals surface area contributed by atoms with Gasteiger partial charge in [0.1, 0.15) is 22.8 Å². The molecule has 0 fully saturated rings. The quantitative estimate of drug-likeness (QED) is 0.128. The minimum absolute atomic E-state index is 0.0328. The number of fused-ring (bicyclic) bond motifs is 12. The van der Waals surface area contributed by atoms with Crippen molar-refractivity contribution in [3.8, 4) is 33.4 Å². The van der Waals surface area contributed by atoms with E-state index in [1.165, 1.54) is 27.8 Å². The SMILES string of the molecule is Cc1cnc(N(c2ccc(C(C)(C)C)cc2)c2ccc3c4c(c5ccccc5c3c2)-c2c(cc(N(c3ccc(C(C)(C)C)cc3)c3ncccc3-c3ccccc3C)c3c2oc2ccccc23)C4(c2ccccc2)c2ccccc2)c(-c2ccccc2C)c1. The van der Waals surface area contributed by atoms with Gasteiger partial charge in [-0.2, -0.15) is 0 Å². The standard InChI is InChI=1S/C84H70N4O/c1-53-49-71(64-32-19-17-26-55(64)3)81(86-52-53)87(60-42-38-56(39-43-60)82(4,5)6)62-46-47-67-70(50-62)65-33-20-21-34-66(65)76-77-72(84(78(67)76,58-27-12-10-13-28-58)59-29-14-11-15-30-59)51-73(75-69-35-22-23-37-74(69)89-79(75)77)88(61-44-40-57(41-45-61)83(7,8)9)80-68(36-24-48-85-80)63-31-18-16-25-54(63)2/h10-52H,1-9H3. The lowest BCUT2D eigenvalue weighted by atomic mass is 9.66. The van der Waals surface area contributed by atoms with Gasteiger partial charge in [0.15, 0.2) is 0 Å². The normalized spacial score (nSPS) is 12.9. The molecule has 5 heteroatoms. The molecule has 0 bridgehead atoms. The molecule has 89 heavy (non-hydrogen) atoms. The van der Waals surface area contributed by atoms with Crippen LogP contribution in [-0.4, -0.2) is 9.97 Å². The largest absolute Gasteiger partial charge is 0.455 e. The van der Waals surface area contributed by atoms with Crippen molar-refractivity contribution in [2.75, 3.05) is 9.80 Å². The van der Waals surface area contributed by atoms with Crippen molar-refractivity contribution in [2.24, 2.45) is 0 Å². The first-order valence-corrected chi connectivity index (χ1v) is 31.1. The predicted molar refractivity (Wildman–Crippen MR) is 373 cm³/mol. The summed E-state index contributed by atoms with van der Waals surface area (Å²) in [7, 11) is 0. The molecule has 1 aliphatic carbocycles. The third kappa shape index (κ3) is 8.96. The molecule has 5 nitrogen and oxygen atoms in total. The van der Waals surface area contributed by atoms with Crippen LogP contribution in [0.25, 0.3) is 76.9 Å². The van der Waals surface area contributed by atoms with Gasteiger partial charge < -0.3 is 4.42 Å². The van der Waals surface area contributed by atoms with E-state index in [-0.39, 0.29) is 10.8 Å². The van der Waals surface area contributed by atoms with Gasteiger partial charge in [-0.1, -0.05) is 224 Å². The van der Waals surface area contributed by atoms with Gasteiger partial charge in [0.05, 0.1) is 16.5 Å². The molecule has 15 rings (SSSR count). The van der Waals surface area contributed by atoms with E-state index in [0.29, 0.717) is 0 Å². The van der Waals surface area contributed by atoms with Crippen LogP contribution in [-0.2, 0) is 16.2 Å². The topological polar surface area (TPSA) is 45.4 Å². The Kier molecular flexibility index (Phi) is 13.2. The molecular formula is C84H70N4O. The first-order valence-electron chi connectivity index (χ1n) is 31.1. The maximum absolute atomic E-state index is 7.62. The number of furan rings is 1. The van der Waals surface area contributed by atoms with Crippen LogP contribution in [0.15, 0.2) is 266 Å². The van der Waals surface area contributed by atoms with E-state index in [9.17, 15) is 0 Å². The summed E-state index contributed by atoms with van der Waals surface area (Å²) in [5.41, 5.74) is 21.9. The van der Waals surface area contributed by atoms with Crippen molar-refractivity contribution >= 4 is 77.9 Å². The first-order chi connectivity index (χ1) is 43.2. The van der Waals surface area contributed by atoms with Gasteiger partial charge in [0.2, 0.25) is 0 Å². The summed E-state index contributed by atoms with van der Waals surface area (Å²) in [5.74, 6) is 1.69. The highest BCUT2D eigenvalue weighted by molar-refractivity contribution is 6.26. The van der Waals surface area contributed by atoms with Crippen LogP contribution in [0.2, 0.25) is 0 Å². The molecule has 1 aliphatic rings. The van der Waals surface area contributed by atoms with Crippen molar-refractivity contribution in [1.29, 1.82) is 0 Å². The van der Waals surface area contributed by atoms with E-state index >= 15 is 0 Å². The summed E-state index contributed by atoms with van der Waals surface area (Å²) in [6, 6.07) is 91.9. The maximum Gasteiger partial charge on any atom is 0.145 e. The van der Waals surface area contributed by atoms with Crippen LogP contribution in [0.5, 0.6) is 0 Å². The van der Waals surface area contributed by atoms with Crippen LogP contribution in [0.4, 0.5) is 34.4 Å². The molecule has 0 unspecified atom stereocenters. The van der Waals surface area contributed by atoms with Crippen molar-refractivity contribution in [3.05, 3.63) is 311 Å². The van der Waals surface area contributed by atoms with E-state index in [2.05, 4.69) is 321 Å². The van der Waals surface area contributed by atoms with Gasteiger partial charge in [0, 0.05) is 51.5 Å². The minimum atomic E-state index is -0.900. The Morgan fingerprint density at radius 2 is 0.910 bits per heavy atom. The second kappa shape index (κ2) is 21.2.